The fourth-order valence-corrected chi connectivity index (χ4v) is 1.55. The van der Waals surface area contributed by atoms with Crippen molar-refractivity contribution >= 4 is 12.1 Å². The van der Waals surface area contributed by atoms with Gasteiger partial charge in [0, 0.05) is 0 Å². The fourth-order valence-electron chi connectivity index (χ4n) is 1.55. The van der Waals surface area contributed by atoms with Crippen molar-refractivity contribution in [2.24, 2.45) is 5.10 Å². The van der Waals surface area contributed by atoms with Crippen molar-refractivity contribution in [1.29, 1.82) is 0 Å². The summed E-state index contributed by atoms with van der Waals surface area (Å²) in [5, 5.41) is 32.1. The fraction of sp³-hybridized carbons (Fsp3) is 0. The average molecular weight is 272 g/mol. The maximum atomic E-state index is 11.7. The molecular formula is C14H12N2O4. The van der Waals surface area contributed by atoms with Gasteiger partial charge in [0.1, 0.15) is 17.2 Å². The molecule has 2 rings (SSSR count). The molecular weight excluding hydrogens is 260 g/mol. The second-order valence-corrected chi connectivity index (χ2v) is 3.93. The Balaban J connectivity index is 2.11. The first-order chi connectivity index (χ1) is 9.59. The van der Waals surface area contributed by atoms with E-state index in [0.717, 1.165) is 6.21 Å². The largest absolute Gasteiger partial charge is 0.507 e. The summed E-state index contributed by atoms with van der Waals surface area (Å²) >= 11 is 0. The van der Waals surface area contributed by atoms with Crippen LogP contribution in [0.2, 0.25) is 0 Å². The van der Waals surface area contributed by atoms with Gasteiger partial charge >= 0.3 is 0 Å². The van der Waals surface area contributed by atoms with Crippen molar-refractivity contribution in [1.82, 2.24) is 5.43 Å². The lowest BCUT2D eigenvalue weighted by Gasteiger charge is -2.03. The van der Waals surface area contributed by atoms with Gasteiger partial charge in [-0.3, -0.25) is 4.79 Å². The Labute approximate surface area is 114 Å². The van der Waals surface area contributed by atoms with Gasteiger partial charge in [-0.1, -0.05) is 18.2 Å². The predicted molar refractivity (Wildman–Crippen MR) is 72.9 cm³/mol. The number of benzene rings is 2. The van der Waals surface area contributed by atoms with Crippen molar-refractivity contribution in [2.45, 2.75) is 0 Å². The highest BCUT2D eigenvalue weighted by Crippen LogP contribution is 2.23. The Morgan fingerprint density at radius 3 is 2.20 bits per heavy atom. The van der Waals surface area contributed by atoms with Crippen molar-refractivity contribution in [2.75, 3.05) is 0 Å². The number of carbonyl (C=O) groups excluding carboxylic acids is 1. The third kappa shape index (κ3) is 2.86. The Kier molecular flexibility index (Phi) is 3.85. The van der Waals surface area contributed by atoms with Crippen LogP contribution in [0.5, 0.6) is 17.2 Å². The number of nitrogens with one attached hydrogen (secondary N) is 1. The molecule has 2 aromatic rings. The first kappa shape index (κ1) is 13.4. The highest BCUT2D eigenvalue weighted by Gasteiger charge is 2.09. The topological polar surface area (TPSA) is 102 Å². The highest BCUT2D eigenvalue weighted by atomic mass is 16.3. The van der Waals surface area contributed by atoms with Crippen LogP contribution in [-0.4, -0.2) is 27.4 Å². The number of rotatable bonds is 3. The number of hydrogen-bond donors (Lipinski definition) is 4. The zero-order valence-electron chi connectivity index (χ0n) is 10.3. The quantitative estimate of drug-likeness (QED) is 0.503. The van der Waals surface area contributed by atoms with Crippen LogP contribution in [0.25, 0.3) is 0 Å². The number of phenols is 3. The standard InChI is InChI=1S/C14H12N2O4/c17-11-5-2-1-4-9(11)14(20)16-15-8-10-12(18)6-3-7-13(10)19/h1-8,17-19H,(H,16,20)/b15-8+. The van der Waals surface area contributed by atoms with Crippen molar-refractivity contribution in [3.8, 4) is 17.2 Å². The molecule has 0 bridgehead atoms. The summed E-state index contributed by atoms with van der Waals surface area (Å²) in [5.41, 5.74) is 2.35. The summed E-state index contributed by atoms with van der Waals surface area (Å²) in [4.78, 5) is 11.7. The number of aromatic hydroxyl groups is 3. The monoisotopic (exact) mass is 272 g/mol. The lowest BCUT2D eigenvalue weighted by molar-refractivity contribution is 0.0952. The molecule has 6 nitrogen and oxygen atoms in total. The maximum absolute atomic E-state index is 11.7. The van der Waals surface area contributed by atoms with E-state index in [0.29, 0.717) is 0 Å². The third-order valence-electron chi connectivity index (χ3n) is 2.57. The Morgan fingerprint density at radius 1 is 0.950 bits per heavy atom. The molecule has 2 aromatic carbocycles. The zero-order chi connectivity index (χ0) is 14.5. The van der Waals surface area contributed by atoms with E-state index in [1.165, 1.54) is 30.3 Å². The Bertz CT molecular complexity index is 648. The number of carbonyl (C=O) groups is 1. The van der Waals surface area contributed by atoms with Gasteiger partial charge in [0.15, 0.2) is 0 Å². The molecule has 0 spiro atoms. The summed E-state index contributed by atoms with van der Waals surface area (Å²) in [6.45, 7) is 0. The van der Waals surface area contributed by atoms with Crippen molar-refractivity contribution in [3.63, 3.8) is 0 Å². The molecule has 0 aliphatic carbocycles. The smallest absolute Gasteiger partial charge is 0.275 e. The predicted octanol–water partition coefficient (Wildman–Crippen LogP) is 1.57. The number of nitrogens with zero attached hydrogens (tertiary/aromatic N) is 1. The van der Waals surface area contributed by atoms with E-state index >= 15 is 0 Å². The van der Waals surface area contributed by atoms with Crippen LogP contribution in [0.1, 0.15) is 15.9 Å². The summed E-state index contributed by atoms with van der Waals surface area (Å²) in [6.07, 6.45) is 1.11. The summed E-state index contributed by atoms with van der Waals surface area (Å²) < 4.78 is 0. The number of amides is 1. The van der Waals surface area contributed by atoms with E-state index in [-0.39, 0.29) is 28.4 Å². The molecule has 1 amide bonds. The molecule has 102 valence electrons. The van der Waals surface area contributed by atoms with Gasteiger partial charge in [-0.25, -0.2) is 5.43 Å². The van der Waals surface area contributed by atoms with E-state index in [9.17, 15) is 20.1 Å². The molecule has 0 aliphatic heterocycles. The first-order valence-electron chi connectivity index (χ1n) is 5.72. The molecule has 0 heterocycles. The summed E-state index contributed by atoms with van der Waals surface area (Å²) in [7, 11) is 0. The number of para-hydroxylation sites is 1. The van der Waals surface area contributed by atoms with E-state index < -0.39 is 5.91 Å². The van der Waals surface area contributed by atoms with Gasteiger partial charge < -0.3 is 15.3 Å². The van der Waals surface area contributed by atoms with Crippen LogP contribution < -0.4 is 5.43 Å². The second-order valence-electron chi connectivity index (χ2n) is 3.93. The highest BCUT2D eigenvalue weighted by molar-refractivity contribution is 5.97. The number of hydrogen-bond acceptors (Lipinski definition) is 5. The van der Waals surface area contributed by atoms with Gasteiger partial charge in [0.2, 0.25) is 0 Å². The first-order valence-corrected chi connectivity index (χ1v) is 5.72. The normalized spacial score (nSPS) is 10.6. The molecule has 0 radical (unpaired) electrons. The van der Waals surface area contributed by atoms with E-state index in [1.807, 2.05) is 0 Å². The van der Waals surface area contributed by atoms with Crippen LogP contribution >= 0.6 is 0 Å². The minimum absolute atomic E-state index is 0.0751. The van der Waals surface area contributed by atoms with Crippen molar-refractivity contribution < 1.29 is 20.1 Å². The molecule has 4 N–H and O–H groups in total. The zero-order valence-corrected chi connectivity index (χ0v) is 10.3. The second kappa shape index (κ2) is 5.75. The average Bonchev–Trinajstić information content (AvgIpc) is 2.42. The number of phenolic OH excluding ortho intramolecular Hbond substituents is 3. The Hall–Kier alpha value is -3.02. The van der Waals surface area contributed by atoms with Crippen LogP contribution in [0, 0.1) is 0 Å². The molecule has 0 saturated carbocycles. The lowest BCUT2D eigenvalue weighted by Crippen LogP contribution is -2.17. The molecule has 0 unspecified atom stereocenters. The molecule has 20 heavy (non-hydrogen) atoms. The van der Waals surface area contributed by atoms with E-state index in [2.05, 4.69) is 10.5 Å². The minimum Gasteiger partial charge on any atom is -0.507 e. The summed E-state index contributed by atoms with van der Waals surface area (Å²) in [5.74, 6) is -1.09. The van der Waals surface area contributed by atoms with E-state index in [1.54, 1.807) is 12.1 Å². The van der Waals surface area contributed by atoms with Gasteiger partial charge in [-0.15, -0.1) is 0 Å². The van der Waals surface area contributed by atoms with Crippen molar-refractivity contribution in [3.05, 3.63) is 53.6 Å². The van der Waals surface area contributed by atoms with Crippen LogP contribution in [0.15, 0.2) is 47.6 Å². The van der Waals surface area contributed by atoms with Gasteiger partial charge in [0.05, 0.1) is 17.3 Å². The van der Waals surface area contributed by atoms with Crippen LogP contribution in [0.4, 0.5) is 0 Å². The van der Waals surface area contributed by atoms with Crippen LogP contribution in [-0.2, 0) is 0 Å². The Morgan fingerprint density at radius 2 is 1.55 bits per heavy atom. The molecule has 0 fully saturated rings. The lowest BCUT2D eigenvalue weighted by atomic mass is 10.2. The molecule has 0 saturated heterocycles. The summed E-state index contributed by atoms with van der Waals surface area (Å²) in [6, 6.07) is 10.3. The SMILES string of the molecule is O=C(N/N=C/c1c(O)cccc1O)c1ccccc1O. The third-order valence-corrected chi connectivity index (χ3v) is 2.57. The van der Waals surface area contributed by atoms with Gasteiger partial charge in [-0.2, -0.15) is 5.10 Å². The molecule has 6 heteroatoms. The van der Waals surface area contributed by atoms with Gasteiger partial charge in [-0.05, 0) is 24.3 Å². The minimum atomic E-state index is -0.603. The van der Waals surface area contributed by atoms with E-state index in [4.69, 9.17) is 0 Å². The molecule has 0 atom stereocenters. The molecule has 0 aliphatic rings. The van der Waals surface area contributed by atoms with Gasteiger partial charge in [0.25, 0.3) is 5.91 Å². The van der Waals surface area contributed by atoms with Crippen LogP contribution in [0.3, 0.4) is 0 Å². The molecule has 0 aromatic heterocycles. The maximum Gasteiger partial charge on any atom is 0.275 e. The number of hydrazone groups is 1.